The first kappa shape index (κ1) is 24.7. The molecule has 0 aromatic heterocycles. The van der Waals surface area contributed by atoms with E-state index >= 15 is 0 Å². The van der Waals surface area contributed by atoms with Crippen LogP contribution in [0.3, 0.4) is 0 Å². The fraction of sp³-hybridized carbons (Fsp3) is 0.440. The smallest absolute Gasteiger partial charge is 0.242 e. The Morgan fingerprint density at radius 1 is 1.06 bits per heavy atom. The van der Waals surface area contributed by atoms with Gasteiger partial charge in [-0.2, -0.15) is 0 Å². The molecular formula is C25H33ClN2O3. The van der Waals surface area contributed by atoms with Crippen molar-refractivity contribution in [2.45, 2.75) is 59.0 Å². The number of nitrogens with one attached hydrogen (secondary N) is 1. The molecule has 2 amide bonds. The number of hydrogen-bond donors (Lipinski definition) is 1. The van der Waals surface area contributed by atoms with Crippen LogP contribution in [-0.4, -0.2) is 35.9 Å². The van der Waals surface area contributed by atoms with Gasteiger partial charge in [-0.05, 0) is 56.5 Å². The van der Waals surface area contributed by atoms with Crippen LogP contribution in [0.25, 0.3) is 0 Å². The maximum atomic E-state index is 13.0. The van der Waals surface area contributed by atoms with Crippen LogP contribution in [0.2, 0.25) is 5.02 Å². The largest absolute Gasteiger partial charge is 0.494 e. The summed E-state index contributed by atoms with van der Waals surface area (Å²) in [5, 5.41) is 3.59. The lowest BCUT2D eigenvalue weighted by Gasteiger charge is -2.29. The van der Waals surface area contributed by atoms with Crippen LogP contribution in [0.4, 0.5) is 0 Å². The summed E-state index contributed by atoms with van der Waals surface area (Å²) in [6.45, 7) is 7.34. The maximum absolute atomic E-state index is 13.0. The minimum absolute atomic E-state index is 0.0570. The summed E-state index contributed by atoms with van der Waals surface area (Å²) < 4.78 is 5.69. The standard InChI is InChI=1S/C25H33ClN2O3/c1-4-5-16-27-25(30)20(3)28(18-21-10-8-19(2)9-11-21)24(29)7-6-17-31-23-14-12-22(26)13-15-23/h8-15,20H,4-7,16-18H2,1-3H3,(H,27,30)/t20-/m0/s1. The molecule has 1 atom stereocenters. The predicted octanol–water partition coefficient (Wildman–Crippen LogP) is 5.14. The van der Waals surface area contributed by atoms with Gasteiger partial charge in [0, 0.05) is 24.5 Å². The Bertz CT molecular complexity index is 822. The molecule has 2 aromatic carbocycles. The summed E-state index contributed by atoms with van der Waals surface area (Å²) in [6.07, 6.45) is 2.81. The first-order chi connectivity index (χ1) is 14.9. The fourth-order valence-corrected chi connectivity index (χ4v) is 3.22. The van der Waals surface area contributed by atoms with E-state index in [9.17, 15) is 9.59 Å². The summed E-state index contributed by atoms with van der Waals surface area (Å²) in [5.41, 5.74) is 2.16. The Morgan fingerprint density at radius 2 is 1.74 bits per heavy atom. The molecule has 5 nitrogen and oxygen atoms in total. The van der Waals surface area contributed by atoms with Crippen molar-refractivity contribution >= 4 is 23.4 Å². The predicted molar refractivity (Wildman–Crippen MR) is 125 cm³/mol. The summed E-state index contributed by atoms with van der Waals surface area (Å²) in [4.78, 5) is 27.3. The van der Waals surface area contributed by atoms with Crippen molar-refractivity contribution in [2.24, 2.45) is 0 Å². The number of ether oxygens (including phenoxy) is 1. The van der Waals surface area contributed by atoms with Gasteiger partial charge in [-0.3, -0.25) is 9.59 Å². The van der Waals surface area contributed by atoms with Crippen LogP contribution < -0.4 is 10.1 Å². The first-order valence-corrected chi connectivity index (χ1v) is 11.3. The highest BCUT2D eigenvalue weighted by Gasteiger charge is 2.25. The molecule has 0 aliphatic heterocycles. The topological polar surface area (TPSA) is 58.6 Å². The van der Waals surface area contributed by atoms with Crippen molar-refractivity contribution in [3.63, 3.8) is 0 Å². The van der Waals surface area contributed by atoms with Crippen molar-refractivity contribution in [1.82, 2.24) is 10.2 Å². The molecular weight excluding hydrogens is 412 g/mol. The molecule has 0 heterocycles. The zero-order valence-electron chi connectivity index (χ0n) is 18.7. The van der Waals surface area contributed by atoms with Crippen LogP contribution in [-0.2, 0) is 16.1 Å². The molecule has 0 saturated carbocycles. The molecule has 0 spiro atoms. The van der Waals surface area contributed by atoms with E-state index in [-0.39, 0.29) is 11.8 Å². The van der Waals surface area contributed by atoms with E-state index in [0.717, 1.165) is 29.7 Å². The number of carbonyl (C=O) groups is 2. The highest BCUT2D eigenvalue weighted by molar-refractivity contribution is 6.30. The van der Waals surface area contributed by atoms with Crippen molar-refractivity contribution in [3.05, 3.63) is 64.7 Å². The van der Waals surface area contributed by atoms with Gasteiger partial charge in [0.2, 0.25) is 11.8 Å². The number of amides is 2. The van der Waals surface area contributed by atoms with Gasteiger partial charge in [-0.1, -0.05) is 54.8 Å². The molecule has 0 aliphatic carbocycles. The lowest BCUT2D eigenvalue weighted by molar-refractivity contribution is -0.140. The van der Waals surface area contributed by atoms with Gasteiger partial charge in [0.05, 0.1) is 6.61 Å². The van der Waals surface area contributed by atoms with Crippen LogP contribution in [0.5, 0.6) is 5.75 Å². The molecule has 168 valence electrons. The van der Waals surface area contributed by atoms with Gasteiger partial charge in [-0.15, -0.1) is 0 Å². The highest BCUT2D eigenvalue weighted by atomic mass is 35.5. The number of aryl methyl sites for hydroxylation is 1. The minimum atomic E-state index is -0.539. The summed E-state index contributed by atoms with van der Waals surface area (Å²) in [5.74, 6) is 0.543. The molecule has 31 heavy (non-hydrogen) atoms. The molecule has 2 aromatic rings. The highest BCUT2D eigenvalue weighted by Crippen LogP contribution is 2.17. The van der Waals surface area contributed by atoms with Crippen LogP contribution in [0.1, 0.15) is 50.7 Å². The van der Waals surface area contributed by atoms with E-state index in [1.165, 1.54) is 0 Å². The molecule has 0 aliphatic rings. The zero-order valence-corrected chi connectivity index (χ0v) is 19.5. The molecule has 2 rings (SSSR count). The molecule has 1 N–H and O–H groups in total. The summed E-state index contributed by atoms with van der Waals surface area (Å²) >= 11 is 5.88. The van der Waals surface area contributed by atoms with E-state index in [1.807, 2.05) is 31.2 Å². The van der Waals surface area contributed by atoms with Gasteiger partial charge >= 0.3 is 0 Å². The van der Waals surface area contributed by atoms with Crippen molar-refractivity contribution in [1.29, 1.82) is 0 Å². The van der Waals surface area contributed by atoms with Crippen LogP contribution >= 0.6 is 11.6 Å². The number of halogens is 1. The number of rotatable bonds is 12. The van der Waals surface area contributed by atoms with Gasteiger partial charge in [0.15, 0.2) is 0 Å². The minimum Gasteiger partial charge on any atom is -0.494 e. The van der Waals surface area contributed by atoms with E-state index in [4.69, 9.17) is 16.3 Å². The number of unbranched alkanes of at least 4 members (excludes halogenated alkanes) is 1. The fourth-order valence-electron chi connectivity index (χ4n) is 3.10. The Kier molecular flexibility index (Phi) is 10.4. The number of benzene rings is 2. The molecule has 0 fully saturated rings. The van der Waals surface area contributed by atoms with Crippen LogP contribution in [0, 0.1) is 6.92 Å². The average molecular weight is 445 g/mol. The Balaban J connectivity index is 1.96. The second-order valence-electron chi connectivity index (χ2n) is 7.73. The third-order valence-corrected chi connectivity index (χ3v) is 5.34. The molecule has 6 heteroatoms. The molecule has 0 radical (unpaired) electrons. The average Bonchev–Trinajstić information content (AvgIpc) is 2.77. The van der Waals surface area contributed by atoms with E-state index in [0.29, 0.717) is 37.6 Å². The maximum Gasteiger partial charge on any atom is 0.242 e. The third kappa shape index (κ3) is 8.62. The lowest BCUT2D eigenvalue weighted by atomic mass is 10.1. The molecule has 0 bridgehead atoms. The van der Waals surface area contributed by atoms with Gasteiger partial charge in [-0.25, -0.2) is 0 Å². The molecule has 0 unspecified atom stereocenters. The third-order valence-electron chi connectivity index (χ3n) is 5.09. The van der Waals surface area contributed by atoms with Crippen molar-refractivity contribution in [2.75, 3.05) is 13.2 Å². The second kappa shape index (κ2) is 13.0. The zero-order chi connectivity index (χ0) is 22.6. The SMILES string of the molecule is CCCCNC(=O)[C@H](C)N(Cc1ccc(C)cc1)C(=O)CCCOc1ccc(Cl)cc1. The Morgan fingerprint density at radius 3 is 2.39 bits per heavy atom. The quantitative estimate of drug-likeness (QED) is 0.461. The summed E-state index contributed by atoms with van der Waals surface area (Å²) in [7, 11) is 0. The number of nitrogens with zero attached hydrogens (tertiary/aromatic N) is 1. The summed E-state index contributed by atoms with van der Waals surface area (Å²) in [6, 6.07) is 14.6. The van der Waals surface area contributed by atoms with E-state index < -0.39 is 6.04 Å². The lowest BCUT2D eigenvalue weighted by Crippen LogP contribution is -2.47. The van der Waals surface area contributed by atoms with Gasteiger partial charge < -0.3 is 15.0 Å². The van der Waals surface area contributed by atoms with Crippen molar-refractivity contribution < 1.29 is 14.3 Å². The Labute approximate surface area is 190 Å². The van der Waals surface area contributed by atoms with Crippen LogP contribution in [0.15, 0.2) is 48.5 Å². The Hall–Kier alpha value is -2.53. The van der Waals surface area contributed by atoms with Gasteiger partial charge in [0.25, 0.3) is 0 Å². The number of hydrogen-bond acceptors (Lipinski definition) is 3. The monoisotopic (exact) mass is 444 g/mol. The first-order valence-electron chi connectivity index (χ1n) is 10.9. The normalized spacial score (nSPS) is 11.6. The molecule has 0 saturated heterocycles. The van der Waals surface area contributed by atoms with E-state index in [2.05, 4.69) is 12.2 Å². The van der Waals surface area contributed by atoms with E-state index in [1.54, 1.807) is 36.1 Å². The van der Waals surface area contributed by atoms with Crippen molar-refractivity contribution in [3.8, 4) is 5.75 Å². The number of carbonyl (C=O) groups excluding carboxylic acids is 2. The van der Waals surface area contributed by atoms with Gasteiger partial charge in [0.1, 0.15) is 11.8 Å². The second-order valence-corrected chi connectivity index (χ2v) is 8.17.